The lowest BCUT2D eigenvalue weighted by Crippen LogP contribution is -2.36. The molecule has 24 heavy (non-hydrogen) atoms. The van der Waals surface area contributed by atoms with Crippen molar-refractivity contribution in [2.45, 2.75) is 66.3 Å². The number of hydrogen-bond acceptors (Lipinski definition) is 4. The summed E-state index contributed by atoms with van der Waals surface area (Å²) in [5, 5.41) is 17.2. The fourth-order valence-electron chi connectivity index (χ4n) is 3.86. The Kier molecular flexibility index (Phi) is 7.23. The summed E-state index contributed by atoms with van der Waals surface area (Å²) in [6.07, 6.45) is 7.72. The SMILES string of the molecule is CC(CCN1CCC(Cn2cc(CCO)nn2)CC1)CC(C)(C)C. The molecule has 0 aromatic carbocycles. The van der Waals surface area contributed by atoms with Crippen LogP contribution in [-0.2, 0) is 13.0 Å². The smallest absolute Gasteiger partial charge is 0.0849 e. The first-order valence-corrected chi connectivity index (χ1v) is 9.58. The molecule has 0 amide bonds. The van der Waals surface area contributed by atoms with Gasteiger partial charge in [-0.25, -0.2) is 0 Å². The molecule has 5 heteroatoms. The molecule has 138 valence electrons. The van der Waals surface area contributed by atoms with E-state index in [0.29, 0.717) is 17.8 Å². The average Bonchev–Trinajstić information content (AvgIpc) is 2.92. The van der Waals surface area contributed by atoms with E-state index < -0.39 is 0 Å². The van der Waals surface area contributed by atoms with Crippen LogP contribution in [-0.4, -0.2) is 51.2 Å². The van der Waals surface area contributed by atoms with E-state index >= 15 is 0 Å². The van der Waals surface area contributed by atoms with Crippen molar-refractivity contribution in [1.29, 1.82) is 0 Å². The minimum absolute atomic E-state index is 0.144. The Morgan fingerprint density at radius 1 is 1.29 bits per heavy atom. The number of nitrogens with zero attached hydrogens (tertiary/aromatic N) is 4. The summed E-state index contributed by atoms with van der Waals surface area (Å²) < 4.78 is 1.96. The minimum atomic E-state index is 0.144. The fraction of sp³-hybridized carbons (Fsp3) is 0.895. The normalized spacial score (nSPS) is 18.9. The van der Waals surface area contributed by atoms with Crippen molar-refractivity contribution in [3.8, 4) is 0 Å². The molecule has 0 aliphatic carbocycles. The molecule has 1 unspecified atom stereocenters. The predicted octanol–water partition coefficient (Wildman–Crippen LogP) is 2.99. The van der Waals surface area contributed by atoms with E-state index in [4.69, 9.17) is 5.11 Å². The lowest BCUT2D eigenvalue weighted by molar-refractivity contribution is 0.157. The summed E-state index contributed by atoms with van der Waals surface area (Å²) in [5.41, 5.74) is 1.33. The van der Waals surface area contributed by atoms with Crippen LogP contribution in [0, 0.1) is 17.3 Å². The summed E-state index contributed by atoms with van der Waals surface area (Å²) in [4.78, 5) is 2.63. The highest BCUT2D eigenvalue weighted by atomic mass is 16.3. The van der Waals surface area contributed by atoms with Gasteiger partial charge in [-0.3, -0.25) is 4.68 Å². The second kappa shape index (κ2) is 8.95. The van der Waals surface area contributed by atoms with E-state index in [0.717, 1.165) is 18.2 Å². The van der Waals surface area contributed by atoms with Crippen molar-refractivity contribution in [2.24, 2.45) is 17.3 Å². The monoisotopic (exact) mass is 336 g/mol. The van der Waals surface area contributed by atoms with Gasteiger partial charge in [0.15, 0.2) is 0 Å². The zero-order valence-electron chi connectivity index (χ0n) is 16.0. The van der Waals surface area contributed by atoms with Crippen LogP contribution in [0.4, 0.5) is 0 Å². The van der Waals surface area contributed by atoms with Gasteiger partial charge < -0.3 is 10.0 Å². The van der Waals surface area contributed by atoms with Crippen molar-refractivity contribution in [2.75, 3.05) is 26.2 Å². The number of piperidine rings is 1. The topological polar surface area (TPSA) is 54.2 Å². The Labute approximate surface area is 147 Å². The first-order valence-electron chi connectivity index (χ1n) is 9.58. The summed E-state index contributed by atoms with van der Waals surface area (Å²) in [5.74, 6) is 1.51. The van der Waals surface area contributed by atoms with Crippen LogP contribution < -0.4 is 0 Å². The van der Waals surface area contributed by atoms with Gasteiger partial charge in [-0.05, 0) is 62.6 Å². The molecule has 0 bridgehead atoms. The molecule has 1 fully saturated rings. The highest BCUT2D eigenvalue weighted by Crippen LogP contribution is 2.26. The molecule has 2 heterocycles. The van der Waals surface area contributed by atoms with Gasteiger partial charge in [0.25, 0.3) is 0 Å². The molecular formula is C19H36N4O. The molecule has 1 atom stereocenters. The molecule has 1 aliphatic heterocycles. The summed E-state index contributed by atoms with van der Waals surface area (Å²) in [6, 6.07) is 0. The molecule has 0 saturated carbocycles. The maximum atomic E-state index is 8.95. The molecule has 0 spiro atoms. The van der Waals surface area contributed by atoms with Gasteiger partial charge in [0, 0.05) is 25.8 Å². The zero-order valence-corrected chi connectivity index (χ0v) is 16.0. The molecule has 0 radical (unpaired) electrons. The summed E-state index contributed by atoms with van der Waals surface area (Å²) >= 11 is 0. The van der Waals surface area contributed by atoms with Gasteiger partial charge in [-0.1, -0.05) is 32.9 Å². The Balaban J connectivity index is 1.65. The van der Waals surface area contributed by atoms with Crippen LogP contribution in [0.2, 0.25) is 0 Å². The standard InChI is InChI=1S/C19H36N4O/c1-16(13-19(2,3)4)5-9-22-10-6-17(7-11-22)14-23-15-18(8-12-24)20-21-23/h15-17,24H,5-14H2,1-4H3. The van der Waals surface area contributed by atoms with Crippen molar-refractivity contribution in [1.82, 2.24) is 19.9 Å². The molecule has 5 nitrogen and oxygen atoms in total. The van der Waals surface area contributed by atoms with E-state index in [1.807, 2.05) is 10.9 Å². The van der Waals surface area contributed by atoms with Gasteiger partial charge in [0.05, 0.1) is 5.69 Å². The van der Waals surface area contributed by atoms with E-state index in [-0.39, 0.29) is 6.61 Å². The van der Waals surface area contributed by atoms with Crippen molar-refractivity contribution < 1.29 is 5.11 Å². The summed E-state index contributed by atoms with van der Waals surface area (Å²) in [7, 11) is 0. The third kappa shape index (κ3) is 6.89. The predicted molar refractivity (Wildman–Crippen MR) is 97.8 cm³/mol. The maximum Gasteiger partial charge on any atom is 0.0849 e. The molecule has 2 rings (SSSR count). The number of aliphatic hydroxyl groups is 1. The lowest BCUT2D eigenvalue weighted by atomic mass is 9.84. The number of likely N-dealkylation sites (tertiary alicyclic amines) is 1. The van der Waals surface area contributed by atoms with Gasteiger partial charge in [-0.15, -0.1) is 5.10 Å². The first-order chi connectivity index (χ1) is 11.4. The Hall–Kier alpha value is -0.940. The van der Waals surface area contributed by atoms with Crippen molar-refractivity contribution in [3.05, 3.63) is 11.9 Å². The molecule has 1 aromatic rings. The van der Waals surface area contributed by atoms with Crippen LogP contribution in [0.25, 0.3) is 0 Å². The second-order valence-corrected chi connectivity index (χ2v) is 8.85. The lowest BCUT2D eigenvalue weighted by Gasteiger charge is -2.33. The Morgan fingerprint density at radius 3 is 2.62 bits per heavy atom. The van der Waals surface area contributed by atoms with Crippen LogP contribution >= 0.6 is 0 Å². The fourth-order valence-corrected chi connectivity index (χ4v) is 3.86. The van der Waals surface area contributed by atoms with E-state index in [1.165, 1.54) is 45.3 Å². The van der Waals surface area contributed by atoms with Gasteiger partial charge in [0.1, 0.15) is 0 Å². The highest BCUT2D eigenvalue weighted by molar-refractivity contribution is 4.92. The minimum Gasteiger partial charge on any atom is -0.396 e. The first kappa shape index (κ1) is 19.4. The third-order valence-corrected chi connectivity index (χ3v) is 5.01. The van der Waals surface area contributed by atoms with E-state index in [1.54, 1.807) is 0 Å². The number of rotatable bonds is 8. The Morgan fingerprint density at radius 2 is 2.00 bits per heavy atom. The summed E-state index contributed by atoms with van der Waals surface area (Å²) in [6.45, 7) is 14.2. The van der Waals surface area contributed by atoms with Gasteiger partial charge >= 0.3 is 0 Å². The second-order valence-electron chi connectivity index (χ2n) is 8.85. The van der Waals surface area contributed by atoms with E-state index in [2.05, 4.69) is 42.9 Å². The largest absolute Gasteiger partial charge is 0.396 e. The van der Waals surface area contributed by atoms with Gasteiger partial charge in [-0.2, -0.15) is 0 Å². The molecular weight excluding hydrogens is 300 g/mol. The van der Waals surface area contributed by atoms with Crippen LogP contribution in [0.15, 0.2) is 6.20 Å². The molecule has 1 N–H and O–H groups in total. The van der Waals surface area contributed by atoms with Crippen LogP contribution in [0.5, 0.6) is 0 Å². The molecule has 1 aliphatic rings. The van der Waals surface area contributed by atoms with Crippen LogP contribution in [0.1, 0.15) is 59.1 Å². The maximum absolute atomic E-state index is 8.95. The third-order valence-electron chi connectivity index (χ3n) is 5.01. The molecule has 1 saturated heterocycles. The average molecular weight is 337 g/mol. The van der Waals surface area contributed by atoms with Crippen molar-refractivity contribution in [3.63, 3.8) is 0 Å². The number of aromatic nitrogens is 3. The number of hydrogen-bond donors (Lipinski definition) is 1. The van der Waals surface area contributed by atoms with Crippen LogP contribution in [0.3, 0.4) is 0 Å². The zero-order chi connectivity index (χ0) is 17.6. The number of aliphatic hydroxyl groups excluding tert-OH is 1. The van der Waals surface area contributed by atoms with Crippen molar-refractivity contribution >= 4 is 0 Å². The quantitative estimate of drug-likeness (QED) is 0.793. The molecule has 1 aromatic heterocycles. The highest BCUT2D eigenvalue weighted by Gasteiger charge is 2.21. The Bertz CT molecular complexity index is 472. The van der Waals surface area contributed by atoms with Gasteiger partial charge in [0.2, 0.25) is 0 Å². The van der Waals surface area contributed by atoms with E-state index in [9.17, 15) is 0 Å².